The molecule has 0 N–H and O–H groups in total. The zero-order chi connectivity index (χ0) is 19.3. The van der Waals surface area contributed by atoms with E-state index in [1.165, 1.54) is 5.56 Å². The molecule has 0 saturated carbocycles. The van der Waals surface area contributed by atoms with Gasteiger partial charge in [-0.25, -0.2) is 4.98 Å². The van der Waals surface area contributed by atoms with E-state index in [9.17, 15) is 0 Å². The van der Waals surface area contributed by atoms with Crippen LogP contribution in [0.15, 0.2) is 72.8 Å². The molecule has 1 aromatic heterocycles. The zero-order valence-electron chi connectivity index (χ0n) is 16.1. The average molecular weight is 370 g/mol. The topological polar surface area (TPSA) is 44.2 Å². The van der Waals surface area contributed by atoms with Gasteiger partial charge in [-0.3, -0.25) is 0 Å². The predicted octanol–water partition coefficient (Wildman–Crippen LogP) is 6.19. The molecule has 0 aliphatic rings. The molecule has 0 aliphatic heterocycles. The molecule has 0 radical (unpaired) electrons. The maximum absolute atomic E-state index is 6.11. The van der Waals surface area contributed by atoms with Crippen molar-refractivity contribution in [2.75, 3.05) is 6.61 Å². The number of hydrogen-bond acceptors (Lipinski definition) is 4. The van der Waals surface area contributed by atoms with Crippen LogP contribution in [0.1, 0.15) is 18.9 Å². The molecule has 0 atom stereocenters. The summed E-state index contributed by atoms with van der Waals surface area (Å²) >= 11 is 0. The third-order valence-corrected chi connectivity index (χ3v) is 4.39. The molecule has 4 heteroatoms. The highest BCUT2D eigenvalue weighted by atomic mass is 16.5. The number of ether oxygens (including phenoxy) is 2. The monoisotopic (exact) mass is 370 g/mol. The van der Waals surface area contributed by atoms with Crippen molar-refractivity contribution in [3.05, 3.63) is 78.4 Å². The van der Waals surface area contributed by atoms with Gasteiger partial charge in [0, 0.05) is 5.56 Å². The molecule has 1 heterocycles. The van der Waals surface area contributed by atoms with Crippen LogP contribution in [0.2, 0.25) is 0 Å². The minimum Gasteiger partial charge on any atom is -0.494 e. The third kappa shape index (κ3) is 3.96. The Kier molecular flexibility index (Phi) is 5.20. The minimum absolute atomic E-state index is 0.552. The molecule has 4 nitrogen and oxygen atoms in total. The van der Waals surface area contributed by atoms with Gasteiger partial charge in [-0.15, -0.1) is 0 Å². The number of nitrogens with zero attached hydrogens (tertiary/aromatic N) is 2. The number of aryl methyl sites for hydroxylation is 1. The second-order valence-corrected chi connectivity index (χ2v) is 6.66. The van der Waals surface area contributed by atoms with Gasteiger partial charge in [0.05, 0.1) is 17.5 Å². The van der Waals surface area contributed by atoms with Crippen molar-refractivity contribution < 1.29 is 9.47 Å². The molecule has 140 valence electrons. The molecule has 3 aromatic carbocycles. The lowest BCUT2D eigenvalue weighted by atomic mass is 10.2. The molecule has 0 fully saturated rings. The van der Waals surface area contributed by atoms with Gasteiger partial charge in [-0.2, -0.15) is 4.98 Å². The molecule has 0 aliphatic carbocycles. The van der Waals surface area contributed by atoms with Crippen LogP contribution < -0.4 is 9.47 Å². The Morgan fingerprint density at radius 3 is 2.25 bits per heavy atom. The van der Waals surface area contributed by atoms with Crippen LogP contribution in [0.3, 0.4) is 0 Å². The number of fused-ring (bicyclic) bond motifs is 1. The van der Waals surface area contributed by atoms with Gasteiger partial charge in [0.15, 0.2) is 5.82 Å². The molecule has 0 unspecified atom stereocenters. The van der Waals surface area contributed by atoms with Crippen molar-refractivity contribution in [1.29, 1.82) is 0 Å². The highest BCUT2D eigenvalue weighted by molar-refractivity contribution is 5.85. The standard InChI is InChI=1S/C24H22N2O2/c1-3-16-27-19-14-10-18(11-15-19)23-25-22-7-5-4-6-21(22)24(26-23)28-20-12-8-17(2)9-13-20/h4-15H,3,16H2,1-2H3. The van der Waals surface area contributed by atoms with Crippen molar-refractivity contribution in [2.24, 2.45) is 0 Å². The number of rotatable bonds is 6. The molecular formula is C24H22N2O2. The summed E-state index contributed by atoms with van der Waals surface area (Å²) in [5, 5.41) is 0.884. The number of hydrogen-bond donors (Lipinski definition) is 0. The van der Waals surface area contributed by atoms with Gasteiger partial charge in [0.2, 0.25) is 5.88 Å². The van der Waals surface area contributed by atoms with E-state index in [0.717, 1.165) is 34.4 Å². The number of aromatic nitrogens is 2. The predicted molar refractivity (Wildman–Crippen MR) is 112 cm³/mol. The Morgan fingerprint density at radius 1 is 0.786 bits per heavy atom. The Labute approximate surface area is 164 Å². The van der Waals surface area contributed by atoms with Crippen molar-refractivity contribution in [3.63, 3.8) is 0 Å². The lowest BCUT2D eigenvalue weighted by molar-refractivity contribution is 0.317. The summed E-state index contributed by atoms with van der Waals surface area (Å²) in [7, 11) is 0. The van der Waals surface area contributed by atoms with E-state index < -0.39 is 0 Å². The second-order valence-electron chi connectivity index (χ2n) is 6.66. The summed E-state index contributed by atoms with van der Waals surface area (Å²) < 4.78 is 11.8. The van der Waals surface area contributed by atoms with E-state index in [0.29, 0.717) is 18.3 Å². The highest BCUT2D eigenvalue weighted by Crippen LogP contribution is 2.30. The van der Waals surface area contributed by atoms with E-state index >= 15 is 0 Å². The van der Waals surface area contributed by atoms with Crippen molar-refractivity contribution in [1.82, 2.24) is 9.97 Å². The molecule has 0 saturated heterocycles. The summed E-state index contributed by atoms with van der Waals surface area (Å²) in [6.07, 6.45) is 0.981. The Morgan fingerprint density at radius 2 is 1.50 bits per heavy atom. The molecule has 4 rings (SSSR count). The van der Waals surface area contributed by atoms with Gasteiger partial charge >= 0.3 is 0 Å². The van der Waals surface area contributed by atoms with Crippen LogP contribution in [0.4, 0.5) is 0 Å². The first-order valence-corrected chi connectivity index (χ1v) is 9.47. The summed E-state index contributed by atoms with van der Waals surface area (Å²) in [4.78, 5) is 9.43. The van der Waals surface area contributed by atoms with Crippen LogP contribution in [-0.2, 0) is 0 Å². The van der Waals surface area contributed by atoms with Gasteiger partial charge in [0.1, 0.15) is 11.5 Å². The molecular weight excluding hydrogens is 348 g/mol. The van der Waals surface area contributed by atoms with Gasteiger partial charge < -0.3 is 9.47 Å². The first-order chi connectivity index (χ1) is 13.7. The van der Waals surface area contributed by atoms with Crippen molar-refractivity contribution >= 4 is 10.9 Å². The second kappa shape index (κ2) is 8.09. The lowest BCUT2D eigenvalue weighted by Gasteiger charge is -2.11. The molecule has 28 heavy (non-hydrogen) atoms. The fourth-order valence-corrected chi connectivity index (χ4v) is 2.89. The quantitative estimate of drug-likeness (QED) is 0.406. The fraction of sp³-hybridized carbons (Fsp3) is 0.167. The Hall–Kier alpha value is -3.40. The van der Waals surface area contributed by atoms with Gasteiger partial charge in [0.25, 0.3) is 0 Å². The first-order valence-electron chi connectivity index (χ1n) is 9.47. The smallest absolute Gasteiger partial charge is 0.230 e. The van der Waals surface area contributed by atoms with Gasteiger partial charge in [-0.05, 0) is 61.9 Å². The molecule has 0 spiro atoms. The van der Waals surface area contributed by atoms with Crippen LogP contribution >= 0.6 is 0 Å². The fourth-order valence-electron chi connectivity index (χ4n) is 2.89. The molecule has 4 aromatic rings. The summed E-state index contributed by atoms with van der Waals surface area (Å²) in [6.45, 7) is 4.85. The SMILES string of the molecule is CCCOc1ccc(-c2nc(Oc3ccc(C)cc3)c3ccccc3n2)cc1. The van der Waals surface area contributed by atoms with Crippen LogP contribution in [0.5, 0.6) is 17.4 Å². The van der Waals surface area contributed by atoms with E-state index in [2.05, 4.69) is 13.8 Å². The van der Waals surface area contributed by atoms with E-state index in [-0.39, 0.29) is 0 Å². The molecule has 0 amide bonds. The van der Waals surface area contributed by atoms with Crippen LogP contribution in [-0.4, -0.2) is 16.6 Å². The lowest BCUT2D eigenvalue weighted by Crippen LogP contribution is -1.97. The Bertz CT molecular complexity index is 1070. The first kappa shape index (κ1) is 18.0. The van der Waals surface area contributed by atoms with E-state index in [4.69, 9.17) is 19.4 Å². The molecule has 0 bridgehead atoms. The number of benzene rings is 3. The van der Waals surface area contributed by atoms with Gasteiger partial charge in [-0.1, -0.05) is 36.8 Å². The zero-order valence-corrected chi connectivity index (χ0v) is 16.1. The van der Waals surface area contributed by atoms with Crippen molar-refractivity contribution in [2.45, 2.75) is 20.3 Å². The largest absolute Gasteiger partial charge is 0.494 e. The van der Waals surface area contributed by atoms with E-state index in [1.54, 1.807) is 0 Å². The van der Waals surface area contributed by atoms with Crippen LogP contribution in [0.25, 0.3) is 22.3 Å². The average Bonchev–Trinajstić information content (AvgIpc) is 2.74. The van der Waals surface area contributed by atoms with Crippen molar-refractivity contribution in [3.8, 4) is 28.8 Å². The highest BCUT2D eigenvalue weighted by Gasteiger charge is 2.11. The summed E-state index contributed by atoms with van der Waals surface area (Å²) in [5.74, 6) is 2.78. The number of para-hydroxylation sites is 1. The minimum atomic E-state index is 0.552. The van der Waals surface area contributed by atoms with E-state index in [1.807, 2.05) is 72.8 Å². The third-order valence-electron chi connectivity index (χ3n) is 4.39. The maximum atomic E-state index is 6.11. The van der Waals surface area contributed by atoms with Crippen LogP contribution in [0, 0.1) is 6.92 Å². The Balaban J connectivity index is 1.72. The normalized spacial score (nSPS) is 10.8. The maximum Gasteiger partial charge on any atom is 0.230 e. The summed E-state index contributed by atoms with van der Waals surface area (Å²) in [6, 6.07) is 23.7. The summed E-state index contributed by atoms with van der Waals surface area (Å²) in [5.41, 5.74) is 2.95.